The van der Waals surface area contributed by atoms with E-state index in [4.69, 9.17) is 5.11 Å². The van der Waals surface area contributed by atoms with Gasteiger partial charge in [0.25, 0.3) is 0 Å². The Morgan fingerprint density at radius 3 is 2.55 bits per heavy atom. The number of rotatable bonds is 1. The van der Waals surface area contributed by atoms with Gasteiger partial charge in [0.2, 0.25) is 0 Å². The lowest BCUT2D eigenvalue weighted by Gasteiger charge is -2.02. The maximum absolute atomic E-state index is 12.7. The maximum atomic E-state index is 12.7. The van der Waals surface area contributed by atoms with Crippen LogP contribution >= 0.6 is 0 Å². The van der Waals surface area contributed by atoms with Crippen LogP contribution in [0.5, 0.6) is 5.75 Å². The molecule has 11 heavy (non-hydrogen) atoms. The van der Waals surface area contributed by atoms with Gasteiger partial charge in [-0.1, -0.05) is 0 Å². The van der Waals surface area contributed by atoms with E-state index in [0.717, 1.165) is 6.07 Å². The van der Waals surface area contributed by atoms with Crippen LogP contribution in [-0.4, -0.2) is 5.11 Å². The van der Waals surface area contributed by atoms with Crippen LogP contribution in [0.25, 0.3) is 0 Å². The van der Waals surface area contributed by atoms with Gasteiger partial charge in [-0.05, 0) is 18.6 Å². The van der Waals surface area contributed by atoms with Crippen LogP contribution in [0, 0.1) is 12.7 Å². The van der Waals surface area contributed by atoms with E-state index < -0.39 is 12.5 Å². The summed E-state index contributed by atoms with van der Waals surface area (Å²) in [5.74, 6) is -0.859. The Kier molecular flexibility index (Phi) is 2.08. The van der Waals surface area contributed by atoms with E-state index in [9.17, 15) is 8.78 Å². The molecule has 0 spiro atoms. The van der Waals surface area contributed by atoms with Crippen molar-refractivity contribution < 1.29 is 13.9 Å². The number of phenols is 1. The zero-order valence-corrected chi connectivity index (χ0v) is 6.06. The molecule has 0 unspecified atom stereocenters. The van der Waals surface area contributed by atoms with E-state index in [1.807, 2.05) is 0 Å². The summed E-state index contributed by atoms with van der Waals surface area (Å²) in [4.78, 5) is 0. The molecule has 60 valence electrons. The Labute approximate surface area is 63.3 Å². The molecule has 1 aromatic rings. The molecular weight excluding hydrogens is 150 g/mol. The van der Waals surface area contributed by atoms with Crippen LogP contribution in [-0.2, 0) is 6.67 Å². The van der Waals surface area contributed by atoms with Crippen molar-refractivity contribution in [1.82, 2.24) is 0 Å². The molecule has 0 aliphatic carbocycles. The fourth-order valence-corrected chi connectivity index (χ4v) is 0.925. The summed E-state index contributed by atoms with van der Waals surface area (Å²) in [6, 6.07) is 2.24. The molecule has 0 radical (unpaired) electrons. The predicted molar refractivity (Wildman–Crippen MR) is 37.6 cm³/mol. The lowest BCUT2D eigenvalue weighted by atomic mass is 10.1. The number of hydrogen-bond donors (Lipinski definition) is 1. The van der Waals surface area contributed by atoms with Crippen molar-refractivity contribution in [2.24, 2.45) is 0 Å². The van der Waals surface area contributed by atoms with Gasteiger partial charge in [-0.15, -0.1) is 0 Å². The third-order valence-corrected chi connectivity index (χ3v) is 1.54. The Hall–Kier alpha value is -1.12. The highest BCUT2D eigenvalue weighted by Crippen LogP contribution is 2.20. The number of hydrogen-bond acceptors (Lipinski definition) is 1. The summed E-state index contributed by atoms with van der Waals surface area (Å²) >= 11 is 0. The van der Waals surface area contributed by atoms with Crippen molar-refractivity contribution in [3.8, 4) is 5.75 Å². The fraction of sp³-hybridized carbons (Fsp3) is 0.250. The number of aromatic hydroxyl groups is 1. The normalized spacial score (nSPS) is 10.1. The van der Waals surface area contributed by atoms with Crippen LogP contribution in [0.3, 0.4) is 0 Å². The van der Waals surface area contributed by atoms with Crippen LogP contribution in [0.4, 0.5) is 8.78 Å². The first kappa shape index (κ1) is 7.98. The van der Waals surface area contributed by atoms with E-state index >= 15 is 0 Å². The van der Waals surface area contributed by atoms with Crippen molar-refractivity contribution in [2.45, 2.75) is 13.6 Å². The first-order valence-corrected chi connectivity index (χ1v) is 3.19. The summed E-state index contributed by atoms with van der Waals surface area (Å²) in [5.41, 5.74) is 0.452. The van der Waals surface area contributed by atoms with E-state index in [1.54, 1.807) is 6.92 Å². The van der Waals surface area contributed by atoms with Gasteiger partial charge in [0.1, 0.15) is 18.2 Å². The fourth-order valence-electron chi connectivity index (χ4n) is 0.925. The van der Waals surface area contributed by atoms with Crippen molar-refractivity contribution in [3.05, 3.63) is 29.1 Å². The molecule has 0 aliphatic heterocycles. The molecule has 0 atom stereocenters. The maximum Gasteiger partial charge on any atom is 0.132 e. The molecule has 0 saturated heterocycles. The van der Waals surface area contributed by atoms with Gasteiger partial charge in [0.05, 0.1) is 0 Å². The summed E-state index contributed by atoms with van der Waals surface area (Å²) in [6.45, 7) is 0.718. The smallest absolute Gasteiger partial charge is 0.132 e. The molecule has 1 nitrogen and oxygen atoms in total. The number of benzene rings is 1. The molecule has 0 aromatic heterocycles. The molecule has 0 amide bonds. The molecule has 1 rings (SSSR count). The molecule has 0 heterocycles. The molecule has 1 aromatic carbocycles. The van der Waals surface area contributed by atoms with Crippen molar-refractivity contribution in [2.75, 3.05) is 0 Å². The highest BCUT2D eigenvalue weighted by atomic mass is 19.1. The minimum absolute atomic E-state index is 0.0165. The average molecular weight is 158 g/mol. The summed E-state index contributed by atoms with van der Waals surface area (Å²) in [7, 11) is 0. The minimum atomic E-state index is -0.835. The predicted octanol–water partition coefficient (Wildman–Crippen LogP) is 2.31. The second-order valence-corrected chi connectivity index (χ2v) is 2.36. The molecule has 0 saturated carbocycles. The highest BCUT2D eigenvalue weighted by molar-refractivity contribution is 5.34. The Balaban J connectivity index is 3.25. The highest BCUT2D eigenvalue weighted by Gasteiger charge is 2.06. The van der Waals surface area contributed by atoms with Crippen molar-refractivity contribution >= 4 is 0 Å². The Morgan fingerprint density at radius 2 is 2.09 bits per heavy atom. The van der Waals surface area contributed by atoms with Crippen LogP contribution < -0.4 is 0 Å². The van der Waals surface area contributed by atoms with Gasteiger partial charge in [-0.2, -0.15) is 0 Å². The third-order valence-electron chi connectivity index (χ3n) is 1.54. The van der Waals surface area contributed by atoms with Gasteiger partial charge < -0.3 is 5.11 Å². The molecular formula is C8H8F2O. The minimum Gasteiger partial charge on any atom is -0.508 e. The van der Waals surface area contributed by atoms with Crippen LogP contribution in [0.1, 0.15) is 11.1 Å². The Bertz CT molecular complexity index is 248. The first-order valence-electron chi connectivity index (χ1n) is 3.19. The van der Waals surface area contributed by atoms with Crippen LogP contribution in [0.2, 0.25) is 0 Å². The second kappa shape index (κ2) is 2.86. The topological polar surface area (TPSA) is 20.2 Å². The van der Waals surface area contributed by atoms with Crippen molar-refractivity contribution in [3.63, 3.8) is 0 Å². The van der Waals surface area contributed by atoms with Gasteiger partial charge in [0.15, 0.2) is 0 Å². The average Bonchev–Trinajstić information content (AvgIpc) is 1.85. The van der Waals surface area contributed by atoms with Gasteiger partial charge >= 0.3 is 0 Å². The van der Waals surface area contributed by atoms with E-state index in [0.29, 0.717) is 5.56 Å². The zero-order valence-electron chi connectivity index (χ0n) is 6.06. The summed E-state index contributed by atoms with van der Waals surface area (Å²) in [6.07, 6.45) is 0. The molecule has 0 bridgehead atoms. The first-order chi connectivity index (χ1) is 5.15. The van der Waals surface area contributed by atoms with Gasteiger partial charge in [-0.25, -0.2) is 8.78 Å². The van der Waals surface area contributed by atoms with Crippen LogP contribution in [0.15, 0.2) is 12.1 Å². The third kappa shape index (κ3) is 1.48. The van der Waals surface area contributed by atoms with Gasteiger partial charge in [-0.3, -0.25) is 0 Å². The standard InChI is InChI=1S/C8H8F2O/c1-5-2-6(11)3-8(10)7(5)4-9/h2-3,11H,4H2,1H3. The van der Waals surface area contributed by atoms with E-state index in [1.165, 1.54) is 6.07 Å². The largest absolute Gasteiger partial charge is 0.508 e. The second-order valence-electron chi connectivity index (χ2n) is 2.36. The van der Waals surface area contributed by atoms with Gasteiger partial charge in [0, 0.05) is 11.6 Å². The lowest BCUT2D eigenvalue weighted by Crippen LogP contribution is -1.90. The van der Waals surface area contributed by atoms with E-state index in [2.05, 4.69) is 0 Å². The summed E-state index contributed by atoms with van der Waals surface area (Å²) < 4.78 is 24.8. The molecule has 3 heteroatoms. The molecule has 0 fully saturated rings. The number of phenolic OH excluding ortho intramolecular Hbond substituents is 1. The quantitative estimate of drug-likeness (QED) is 0.664. The SMILES string of the molecule is Cc1cc(O)cc(F)c1CF. The Morgan fingerprint density at radius 1 is 1.45 bits per heavy atom. The van der Waals surface area contributed by atoms with Crippen molar-refractivity contribution in [1.29, 1.82) is 0 Å². The molecule has 1 N–H and O–H groups in total. The number of alkyl halides is 1. The monoisotopic (exact) mass is 158 g/mol. The summed E-state index contributed by atoms with van der Waals surface area (Å²) in [5, 5.41) is 8.85. The zero-order chi connectivity index (χ0) is 8.43. The number of halogens is 2. The lowest BCUT2D eigenvalue weighted by molar-refractivity contribution is 0.447. The molecule has 0 aliphatic rings. The number of aryl methyl sites for hydroxylation is 1. The van der Waals surface area contributed by atoms with E-state index in [-0.39, 0.29) is 11.3 Å².